The first-order chi connectivity index (χ1) is 14.8. The zero-order valence-electron chi connectivity index (χ0n) is 17.9. The van der Waals surface area contributed by atoms with Crippen LogP contribution in [0, 0.1) is 23.2 Å². The van der Waals surface area contributed by atoms with Crippen LogP contribution in [0.15, 0.2) is 17.0 Å². The normalized spacial score (nSPS) is 31.5. The van der Waals surface area contributed by atoms with E-state index in [1.165, 1.54) is 26.2 Å². The van der Waals surface area contributed by atoms with Crippen LogP contribution in [0.5, 0.6) is 0 Å². The van der Waals surface area contributed by atoms with Gasteiger partial charge >= 0.3 is 10.0 Å². The van der Waals surface area contributed by atoms with E-state index in [1.807, 2.05) is 0 Å². The number of hydrogen-bond donors (Lipinski definition) is 2. The molecule has 2 atom stereocenters. The third-order valence-electron chi connectivity index (χ3n) is 7.55. The maximum absolute atomic E-state index is 13.3. The molecule has 0 radical (unpaired) electrons. The molecule has 0 spiro atoms. The van der Waals surface area contributed by atoms with Gasteiger partial charge in [-0.25, -0.2) is 3.89 Å². The minimum atomic E-state index is -4.05. The molecule has 0 heterocycles. The number of amides is 2. The second-order valence-corrected chi connectivity index (χ2v) is 13.7. The highest BCUT2D eigenvalue weighted by Crippen LogP contribution is 2.59. The maximum atomic E-state index is 13.3. The smallest absolute Gasteiger partial charge is 0.328 e. The molecule has 32 heavy (non-hydrogen) atoms. The van der Waals surface area contributed by atoms with E-state index in [1.54, 1.807) is 0 Å². The summed E-state index contributed by atoms with van der Waals surface area (Å²) in [6.45, 7) is -0.292. The number of benzene rings is 1. The Balaban J connectivity index is 1.50. The van der Waals surface area contributed by atoms with Crippen LogP contribution in [0.2, 0.25) is 15.1 Å². The Morgan fingerprint density at radius 3 is 2.19 bits per heavy atom. The minimum Gasteiger partial charge on any atom is -0.369 e. The van der Waals surface area contributed by atoms with Crippen molar-refractivity contribution in [2.75, 3.05) is 20.6 Å². The number of nitrogens with two attached hydrogens (primary N) is 1. The summed E-state index contributed by atoms with van der Waals surface area (Å²) in [5.74, 6) is 0.255. The van der Waals surface area contributed by atoms with E-state index in [4.69, 9.17) is 40.5 Å². The van der Waals surface area contributed by atoms with Crippen molar-refractivity contribution in [2.24, 2.45) is 28.9 Å². The minimum absolute atomic E-state index is 0.0520. The Morgan fingerprint density at radius 1 is 1.06 bits per heavy atom. The zero-order chi connectivity index (χ0) is 23.6. The number of hydrogen-bond acceptors (Lipinski definition) is 4. The Labute approximate surface area is 203 Å². The second kappa shape index (κ2) is 8.01. The van der Waals surface area contributed by atoms with E-state index in [2.05, 4.69) is 5.32 Å². The van der Waals surface area contributed by atoms with E-state index in [9.17, 15) is 18.0 Å². The lowest BCUT2D eigenvalue weighted by molar-refractivity contribution is -0.753. The Bertz CT molecular complexity index is 1080. The summed E-state index contributed by atoms with van der Waals surface area (Å²) in [4.78, 5) is 24.9. The molecule has 3 N–H and O–H groups in total. The summed E-state index contributed by atoms with van der Waals surface area (Å²) in [7, 11) is -1.17. The van der Waals surface area contributed by atoms with Gasteiger partial charge in [0.1, 0.15) is 4.90 Å². The van der Waals surface area contributed by atoms with Gasteiger partial charge in [0.25, 0.3) is 5.91 Å². The molecule has 0 aromatic heterocycles. The van der Waals surface area contributed by atoms with Gasteiger partial charge in [0.15, 0.2) is 6.54 Å². The Hall–Kier alpha value is -1.06. The largest absolute Gasteiger partial charge is 0.369 e. The summed E-state index contributed by atoms with van der Waals surface area (Å²) in [6.07, 6.45) is 4.16. The summed E-state index contributed by atoms with van der Waals surface area (Å²) < 4.78 is 25.9. The number of nitrogens with one attached hydrogen (secondary N) is 1. The van der Waals surface area contributed by atoms with Crippen LogP contribution in [-0.4, -0.2) is 50.8 Å². The highest BCUT2D eigenvalue weighted by Gasteiger charge is 2.58. The quantitative estimate of drug-likeness (QED) is 0.441. The Kier molecular flexibility index (Phi) is 6.03. The van der Waals surface area contributed by atoms with Gasteiger partial charge in [0.2, 0.25) is 5.91 Å². The van der Waals surface area contributed by atoms with Crippen molar-refractivity contribution < 1.29 is 21.9 Å². The molecule has 4 bridgehead atoms. The van der Waals surface area contributed by atoms with Crippen LogP contribution in [0.3, 0.4) is 0 Å². The van der Waals surface area contributed by atoms with E-state index >= 15 is 0 Å². The Morgan fingerprint density at radius 2 is 1.62 bits per heavy atom. The molecule has 2 amide bonds. The first-order valence-corrected chi connectivity index (χ1v) is 13.2. The number of likely N-dealkylation sites (N-methyl/N-ethyl adjacent to an activating group) is 1. The number of halogens is 3. The van der Waals surface area contributed by atoms with Crippen LogP contribution >= 0.6 is 34.8 Å². The van der Waals surface area contributed by atoms with Crippen molar-refractivity contribution in [1.82, 2.24) is 5.32 Å². The fourth-order valence-corrected chi connectivity index (χ4v) is 8.49. The number of carbonyl (C=O) groups excluding carboxylic acids is 2. The second-order valence-electron chi connectivity index (χ2n) is 10.1. The van der Waals surface area contributed by atoms with Crippen molar-refractivity contribution in [2.45, 2.75) is 43.0 Å². The third-order valence-corrected chi connectivity index (χ3v) is 11.0. The summed E-state index contributed by atoms with van der Waals surface area (Å²) in [5, 5.41) is 3.24. The van der Waals surface area contributed by atoms with Gasteiger partial charge in [-0.2, -0.15) is 8.42 Å². The highest BCUT2D eigenvalue weighted by atomic mass is 35.5. The molecule has 1 aromatic carbocycles. The lowest BCUT2D eigenvalue weighted by atomic mass is 9.47. The van der Waals surface area contributed by atoms with E-state index in [-0.39, 0.29) is 56.2 Å². The molecular formula is C21H27Cl3N3O4S+. The number of nitrogens with zero attached hydrogens (tertiary/aromatic N) is 1. The molecule has 4 saturated carbocycles. The molecule has 4 fully saturated rings. The number of sulfonamides is 1. The number of quaternary nitrogens is 1. The van der Waals surface area contributed by atoms with Crippen molar-refractivity contribution in [3.05, 3.63) is 27.2 Å². The average Bonchev–Trinajstić information content (AvgIpc) is 2.66. The van der Waals surface area contributed by atoms with Gasteiger partial charge in [0, 0.05) is 11.5 Å². The lowest BCUT2D eigenvalue weighted by Crippen LogP contribution is -2.63. The molecule has 0 saturated heterocycles. The molecular weight excluding hydrogens is 497 g/mol. The summed E-state index contributed by atoms with van der Waals surface area (Å²) in [6, 6.07) is 2.42. The first-order valence-electron chi connectivity index (χ1n) is 10.6. The standard InChI is InChI=1S/C21H26Cl3N3O4S/c1-27(2,32(30,31)17-6-15(23)14(22)5-16(17)24)10-18(28)26-19-12-3-11-4-13(19)9-21(7-11,8-12)20(25)29/h5-6,11-13,19H,3-4,7-10H2,1-2H3,(H2-,25,26,28,29)/p+1. The predicted molar refractivity (Wildman–Crippen MR) is 123 cm³/mol. The number of carbonyl (C=O) groups is 2. The van der Waals surface area contributed by atoms with Crippen molar-refractivity contribution in [1.29, 1.82) is 0 Å². The summed E-state index contributed by atoms with van der Waals surface area (Å²) in [5.41, 5.74) is 5.29. The van der Waals surface area contributed by atoms with Gasteiger partial charge in [0.05, 0.1) is 29.2 Å². The van der Waals surface area contributed by atoms with Gasteiger partial charge in [-0.15, -0.1) is 0 Å². The van der Waals surface area contributed by atoms with E-state index < -0.39 is 19.3 Å². The van der Waals surface area contributed by atoms with Gasteiger partial charge in [-0.3, -0.25) is 9.59 Å². The van der Waals surface area contributed by atoms with Crippen molar-refractivity contribution >= 4 is 56.6 Å². The van der Waals surface area contributed by atoms with E-state index in [0.717, 1.165) is 19.3 Å². The van der Waals surface area contributed by atoms with Crippen molar-refractivity contribution in [3.63, 3.8) is 0 Å². The average molecular weight is 524 g/mol. The molecule has 7 nitrogen and oxygen atoms in total. The van der Waals surface area contributed by atoms with Crippen LogP contribution in [-0.2, 0) is 19.6 Å². The van der Waals surface area contributed by atoms with E-state index in [0.29, 0.717) is 18.8 Å². The topological polar surface area (TPSA) is 106 Å². The first kappa shape index (κ1) is 24.1. The fraction of sp³-hybridized carbons (Fsp3) is 0.619. The van der Waals surface area contributed by atoms with Crippen LogP contribution in [0.25, 0.3) is 0 Å². The predicted octanol–water partition coefficient (Wildman–Crippen LogP) is 3.21. The highest BCUT2D eigenvalue weighted by molar-refractivity contribution is 7.86. The van der Waals surface area contributed by atoms with Gasteiger partial charge < -0.3 is 11.1 Å². The molecule has 1 aromatic rings. The van der Waals surface area contributed by atoms with Gasteiger partial charge in [-0.05, 0) is 62.0 Å². The zero-order valence-corrected chi connectivity index (χ0v) is 21.0. The number of primary amides is 1. The number of rotatable bonds is 6. The maximum Gasteiger partial charge on any atom is 0.328 e. The summed E-state index contributed by atoms with van der Waals surface area (Å²) >= 11 is 18.1. The fourth-order valence-electron chi connectivity index (χ4n) is 6.19. The third kappa shape index (κ3) is 3.92. The van der Waals surface area contributed by atoms with Crippen LogP contribution < -0.4 is 11.1 Å². The SMILES string of the molecule is C[N+](C)(CC(=O)NC1C2CC3CC1CC(C(N)=O)(C3)C2)S(=O)(=O)c1cc(Cl)c(Cl)cc1Cl. The lowest BCUT2D eigenvalue weighted by Gasteiger charge is -2.58. The molecule has 176 valence electrons. The van der Waals surface area contributed by atoms with Gasteiger partial charge in [-0.1, -0.05) is 34.8 Å². The molecule has 11 heteroatoms. The van der Waals surface area contributed by atoms with Crippen molar-refractivity contribution in [3.8, 4) is 0 Å². The molecule has 4 aliphatic carbocycles. The van der Waals surface area contributed by atoms with Crippen LogP contribution in [0.1, 0.15) is 32.1 Å². The molecule has 2 unspecified atom stereocenters. The molecule has 5 rings (SSSR count). The molecule has 0 aliphatic heterocycles. The molecule has 4 aliphatic rings. The van der Waals surface area contributed by atoms with Crippen LogP contribution in [0.4, 0.5) is 0 Å². The monoisotopic (exact) mass is 522 g/mol.